The zero-order chi connectivity index (χ0) is 24.0. The molecule has 172 valence electrons. The van der Waals surface area contributed by atoms with Crippen molar-refractivity contribution in [2.75, 3.05) is 19.5 Å². The summed E-state index contributed by atoms with van der Waals surface area (Å²) in [6.07, 6.45) is -3.14. The molecule has 0 radical (unpaired) electrons. The van der Waals surface area contributed by atoms with Gasteiger partial charge in [0, 0.05) is 25.0 Å². The third-order valence-corrected chi connectivity index (χ3v) is 4.54. The number of anilines is 1. The molecular weight excluding hydrogens is 461 g/mol. The van der Waals surface area contributed by atoms with E-state index in [0.29, 0.717) is 17.2 Å². The van der Waals surface area contributed by atoms with Gasteiger partial charge in [-0.15, -0.1) is 0 Å². The number of halogens is 4. The Morgan fingerprint density at radius 2 is 1.79 bits per heavy atom. The van der Waals surface area contributed by atoms with E-state index < -0.39 is 16.8 Å². The van der Waals surface area contributed by atoms with Crippen LogP contribution in [0, 0.1) is 0 Å². The minimum atomic E-state index is -4.59. The summed E-state index contributed by atoms with van der Waals surface area (Å²) in [7, 11) is 2.83. The number of benzene rings is 2. The van der Waals surface area contributed by atoms with Crippen LogP contribution in [0.1, 0.15) is 16.1 Å². The van der Waals surface area contributed by atoms with Gasteiger partial charge in [0.1, 0.15) is 17.2 Å². The van der Waals surface area contributed by atoms with Crippen molar-refractivity contribution in [1.82, 2.24) is 10.3 Å². The Balaban J connectivity index is 1.74. The smallest absolute Gasteiger partial charge is 0.417 e. The van der Waals surface area contributed by atoms with Crippen LogP contribution in [0.25, 0.3) is 0 Å². The molecule has 3 aromatic rings. The van der Waals surface area contributed by atoms with Gasteiger partial charge in [-0.2, -0.15) is 18.2 Å². The molecule has 0 aliphatic heterocycles. The zero-order valence-corrected chi connectivity index (χ0v) is 18.2. The molecule has 0 unspecified atom stereocenters. The summed E-state index contributed by atoms with van der Waals surface area (Å²) in [5.74, 6) is 0.553. The SMILES string of the molecule is CNC(=O)c1cc(Oc2ccc(N=C(Nc3ccc(Cl)c(C(F)(F)F)c3)OC)cc2)ccn1. The molecule has 1 aromatic heterocycles. The minimum absolute atomic E-state index is 0.0246. The van der Waals surface area contributed by atoms with Crippen LogP contribution < -0.4 is 15.4 Å². The number of ether oxygens (including phenoxy) is 2. The molecular formula is C22H18ClF3N4O3. The molecule has 0 saturated heterocycles. The maximum absolute atomic E-state index is 13.1. The first-order valence-electron chi connectivity index (χ1n) is 9.42. The first-order chi connectivity index (χ1) is 15.7. The third kappa shape index (κ3) is 6.36. The van der Waals surface area contributed by atoms with E-state index in [1.54, 1.807) is 30.3 Å². The Morgan fingerprint density at radius 1 is 1.06 bits per heavy atom. The summed E-state index contributed by atoms with van der Waals surface area (Å²) in [5, 5.41) is 4.76. The van der Waals surface area contributed by atoms with Crippen LogP contribution in [0.2, 0.25) is 5.02 Å². The number of hydrogen-bond donors (Lipinski definition) is 2. The number of carbonyl (C=O) groups excluding carboxylic acids is 1. The van der Waals surface area contributed by atoms with Crippen LogP contribution in [-0.4, -0.2) is 31.1 Å². The predicted octanol–water partition coefficient (Wildman–Crippen LogP) is 5.65. The molecule has 0 saturated carbocycles. The molecule has 0 bridgehead atoms. The lowest BCUT2D eigenvalue weighted by Crippen LogP contribution is -2.18. The van der Waals surface area contributed by atoms with E-state index in [9.17, 15) is 18.0 Å². The number of amidine groups is 1. The number of nitrogens with one attached hydrogen (secondary N) is 2. The van der Waals surface area contributed by atoms with Crippen molar-refractivity contribution >= 4 is 34.9 Å². The van der Waals surface area contributed by atoms with E-state index in [1.165, 1.54) is 32.5 Å². The topological polar surface area (TPSA) is 84.8 Å². The fourth-order valence-electron chi connectivity index (χ4n) is 2.64. The van der Waals surface area contributed by atoms with Gasteiger partial charge < -0.3 is 20.1 Å². The van der Waals surface area contributed by atoms with Crippen LogP contribution in [0.4, 0.5) is 24.5 Å². The van der Waals surface area contributed by atoms with E-state index >= 15 is 0 Å². The van der Waals surface area contributed by atoms with Gasteiger partial charge in [0.05, 0.1) is 23.4 Å². The Bertz CT molecular complexity index is 1170. The molecule has 0 fully saturated rings. The lowest BCUT2D eigenvalue weighted by molar-refractivity contribution is -0.137. The van der Waals surface area contributed by atoms with Crippen molar-refractivity contribution < 1.29 is 27.4 Å². The molecule has 0 atom stereocenters. The molecule has 7 nitrogen and oxygen atoms in total. The lowest BCUT2D eigenvalue weighted by atomic mass is 10.2. The lowest BCUT2D eigenvalue weighted by Gasteiger charge is -2.13. The highest BCUT2D eigenvalue weighted by molar-refractivity contribution is 6.31. The summed E-state index contributed by atoms with van der Waals surface area (Å²) in [6, 6.07) is 13.0. The molecule has 2 aromatic carbocycles. The molecule has 2 N–H and O–H groups in total. The molecule has 0 aliphatic rings. The third-order valence-electron chi connectivity index (χ3n) is 4.21. The second-order valence-corrected chi connectivity index (χ2v) is 6.90. The second kappa shape index (κ2) is 10.2. The highest BCUT2D eigenvalue weighted by Gasteiger charge is 2.33. The van der Waals surface area contributed by atoms with Gasteiger partial charge in [0.2, 0.25) is 0 Å². The van der Waals surface area contributed by atoms with Gasteiger partial charge in [-0.25, -0.2) is 0 Å². The van der Waals surface area contributed by atoms with Crippen LogP contribution >= 0.6 is 11.6 Å². The first-order valence-corrected chi connectivity index (χ1v) is 9.80. The average molecular weight is 479 g/mol. The molecule has 1 heterocycles. The number of hydrogen-bond acceptors (Lipinski definition) is 5. The number of nitrogens with zero attached hydrogens (tertiary/aromatic N) is 2. The number of aromatic nitrogens is 1. The standard InChI is InChI=1S/C22H18ClF3N4O3/c1-27-20(31)19-12-16(9-10-28-19)33-15-6-3-13(4-7-15)29-21(32-2)30-14-5-8-18(23)17(11-14)22(24,25)26/h3-12H,1-2H3,(H,27,31)(H,29,30). The van der Waals surface area contributed by atoms with Crippen LogP contribution in [0.5, 0.6) is 11.5 Å². The molecule has 3 rings (SSSR count). The van der Waals surface area contributed by atoms with E-state index in [-0.39, 0.29) is 23.3 Å². The summed E-state index contributed by atoms with van der Waals surface area (Å²) >= 11 is 5.64. The monoisotopic (exact) mass is 478 g/mol. The second-order valence-electron chi connectivity index (χ2n) is 6.49. The maximum Gasteiger partial charge on any atom is 0.417 e. The number of methoxy groups -OCH3 is 1. The summed E-state index contributed by atoms with van der Waals surface area (Å²) < 4.78 is 50.0. The normalized spacial score (nSPS) is 11.6. The number of pyridine rings is 1. The average Bonchev–Trinajstić information content (AvgIpc) is 2.80. The summed E-state index contributed by atoms with van der Waals surface area (Å²) in [4.78, 5) is 19.9. The van der Waals surface area contributed by atoms with Crippen molar-refractivity contribution in [3.8, 4) is 11.5 Å². The molecule has 0 spiro atoms. The van der Waals surface area contributed by atoms with E-state index in [2.05, 4.69) is 20.6 Å². The van der Waals surface area contributed by atoms with Crippen molar-refractivity contribution in [2.45, 2.75) is 6.18 Å². The van der Waals surface area contributed by atoms with Gasteiger partial charge in [-0.1, -0.05) is 11.6 Å². The molecule has 11 heteroatoms. The maximum atomic E-state index is 13.1. The molecule has 0 aliphatic carbocycles. The number of alkyl halides is 3. The van der Waals surface area contributed by atoms with Crippen LogP contribution in [0.3, 0.4) is 0 Å². The van der Waals surface area contributed by atoms with Crippen molar-refractivity contribution in [3.63, 3.8) is 0 Å². The number of aliphatic imine (C=N–C) groups is 1. The summed E-state index contributed by atoms with van der Waals surface area (Å²) in [6.45, 7) is 0. The van der Waals surface area contributed by atoms with E-state index in [0.717, 1.165) is 12.1 Å². The number of carbonyl (C=O) groups is 1. The molecule has 33 heavy (non-hydrogen) atoms. The van der Waals surface area contributed by atoms with Crippen LogP contribution in [0.15, 0.2) is 65.8 Å². The fourth-order valence-corrected chi connectivity index (χ4v) is 2.86. The first kappa shape index (κ1) is 23.9. The van der Waals surface area contributed by atoms with Gasteiger partial charge in [-0.3, -0.25) is 9.78 Å². The van der Waals surface area contributed by atoms with Gasteiger partial charge in [-0.05, 0) is 48.5 Å². The van der Waals surface area contributed by atoms with Crippen molar-refractivity contribution in [3.05, 3.63) is 77.1 Å². The van der Waals surface area contributed by atoms with Gasteiger partial charge in [0.25, 0.3) is 11.9 Å². The minimum Gasteiger partial charge on any atom is -0.468 e. The van der Waals surface area contributed by atoms with E-state index in [4.69, 9.17) is 21.1 Å². The highest BCUT2D eigenvalue weighted by Crippen LogP contribution is 2.36. The predicted molar refractivity (Wildman–Crippen MR) is 118 cm³/mol. The Hall–Kier alpha value is -3.79. The summed E-state index contributed by atoms with van der Waals surface area (Å²) in [5.41, 5.74) is -0.195. The Labute approximate surface area is 192 Å². The van der Waals surface area contributed by atoms with Crippen LogP contribution in [-0.2, 0) is 10.9 Å². The fraction of sp³-hybridized carbons (Fsp3) is 0.136. The Kier molecular flexibility index (Phi) is 7.39. The number of rotatable bonds is 5. The number of amides is 1. The van der Waals surface area contributed by atoms with Crippen molar-refractivity contribution in [2.24, 2.45) is 4.99 Å². The quantitative estimate of drug-likeness (QED) is 0.365. The van der Waals surface area contributed by atoms with E-state index in [1.807, 2.05) is 0 Å². The largest absolute Gasteiger partial charge is 0.468 e. The van der Waals surface area contributed by atoms with Gasteiger partial charge in [0.15, 0.2) is 0 Å². The molecule has 1 amide bonds. The Morgan fingerprint density at radius 3 is 2.42 bits per heavy atom. The van der Waals surface area contributed by atoms with Crippen molar-refractivity contribution in [1.29, 1.82) is 0 Å². The van der Waals surface area contributed by atoms with Gasteiger partial charge >= 0.3 is 6.18 Å². The zero-order valence-electron chi connectivity index (χ0n) is 17.4. The highest BCUT2D eigenvalue weighted by atomic mass is 35.5.